The van der Waals surface area contributed by atoms with Crippen molar-refractivity contribution in [2.75, 3.05) is 12.0 Å². The molecule has 0 saturated carbocycles. The first-order valence-corrected chi connectivity index (χ1v) is 6.70. The minimum Gasteiger partial charge on any atom is -0.331 e. The normalized spacial score (nSPS) is 11.0. The molecule has 0 spiro atoms. The van der Waals surface area contributed by atoms with Crippen LogP contribution in [-0.2, 0) is 6.54 Å². The first kappa shape index (κ1) is 10.6. The molecule has 1 heterocycles. The fourth-order valence-electron chi connectivity index (χ4n) is 1.72. The smallest absolute Gasteiger partial charge is 0.0958 e. The summed E-state index contributed by atoms with van der Waals surface area (Å²) >= 11 is 1.92. The molecule has 0 aliphatic rings. The van der Waals surface area contributed by atoms with Crippen molar-refractivity contribution in [3.63, 3.8) is 0 Å². The second kappa shape index (κ2) is 5.21. The van der Waals surface area contributed by atoms with Gasteiger partial charge in [-0.3, -0.25) is 0 Å². The lowest BCUT2D eigenvalue weighted by atomic mass is 10.3. The van der Waals surface area contributed by atoms with E-state index in [0.29, 0.717) is 0 Å². The van der Waals surface area contributed by atoms with Crippen LogP contribution in [0.25, 0.3) is 11.0 Å². The maximum absolute atomic E-state index is 4.38. The van der Waals surface area contributed by atoms with E-state index in [0.717, 1.165) is 12.1 Å². The highest BCUT2D eigenvalue weighted by Gasteiger charge is 1.99. The van der Waals surface area contributed by atoms with Crippen molar-refractivity contribution >= 4 is 22.8 Å². The highest BCUT2D eigenvalue weighted by Crippen LogP contribution is 2.12. The molecule has 0 unspecified atom stereocenters. The Bertz CT molecular complexity index is 422. The predicted molar refractivity (Wildman–Crippen MR) is 67.3 cm³/mol. The van der Waals surface area contributed by atoms with E-state index in [-0.39, 0.29) is 0 Å². The lowest BCUT2D eigenvalue weighted by Crippen LogP contribution is -1.96. The molecule has 0 aliphatic heterocycles. The topological polar surface area (TPSA) is 17.8 Å². The zero-order chi connectivity index (χ0) is 10.5. The van der Waals surface area contributed by atoms with Crippen molar-refractivity contribution in [3.8, 4) is 0 Å². The Morgan fingerprint density at radius 1 is 1.27 bits per heavy atom. The van der Waals surface area contributed by atoms with Crippen LogP contribution < -0.4 is 0 Å². The van der Waals surface area contributed by atoms with Crippen molar-refractivity contribution in [2.24, 2.45) is 0 Å². The molecule has 0 bridgehead atoms. The number of unbranched alkanes of at least 4 members (excludes halogenated alkanes) is 1. The van der Waals surface area contributed by atoms with Gasteiger partial charge in [0.05, 0.1) is 17.4 Å². The molecule has 15 heavy (non-hydrogen) atoms. The Labute approximate surface area is 94.7 Å². The summed E-state index contributed by atoms with van der Waals surface area (Å²) in [6.07, 6.45) is 6.63. The van der Waals surface area contributed by atoms with E-state index in [1.807, 2.05) is 24.2 Å². The van der Waals surface area contributed by atoms with Gasteiger partial charge in [-0.1, -0.05) is 12.1 Å². The van der Waals surface area contributed by atoms with Crippen LogP contribution in [0.5, 0.6) is 0 Å². The van der Waals surface area contributed by atoms with Gasteiger partial charge < -0.3 is 4.57 Å². The van der Waals surface area contributed by atoms with E-state index in [1.54, 1.807) is 0 Å². The van der Waals surface area contributed by atoms with Gasteiger partial charge in [0.15, 0.2) is 0 Å². The molecule has 1 aromatic heterocycles. The third kappa shape index (κ3) is 2.53. The summed E-state index contributed by atoms with van der Waals surface area (Å²) in [5.41, 5.74) is 2.35. The van der Waals surface area contributed by atoms with Gasteiger partial charge in [0.2, 0.25) is 0 Å². The third-order valence-corrected chi connectivity index (χ3v) is 3.22. The van der Waals surface area contributed by atoms with Gasteiger partial charge >= 0.3 is 0 Å². The SMILES string of the molecule is CSCCCCn1cnc2ccccc21. The highest BCUT2D eigenvalue weighted by molar-refractivity contribution is 7.98. The number of hydrogen-bond donors (Lipinski definition) is 0. The maximum Gasteiger partial charge on any atom is 0.0958 e. The number of benzene rings is 1. The summed E-state index contributed by atoms with van der Waals surface area (Å²) in [6, 6.07) is 8.31. The van der Waals surface area contributed by atoms with E-state index >= 15 is 0 Å². The summed E-state index contributed by atoms with van der Waals surface area (Å²) in [4.78, 5) is 4.38. The van der Waals surface area contributed by atoms with Gasteiger partial charge in [0.1, 0.15) is 0 Å². The Hall–Kier alpha value is -0.960. The van der Waals surface area contributed by atoms with Crippen LogP contribution in [0.4, 0.5) is 0 Å². The summed E-state index contributed by atoms with van der Waals surface area (Å²) in [7, 11) is 0. The van der Waals surface area contributed by atoms with Gasteiger partial charge in [0.25, 0.3) is 0 Å². The van der Waals surface area contributed by atoms with Crippen LogP contribution in [0.2, 0.25) is 0 Å². The van der Waals surface area contributed by atoms with Crippen molar-refractivity contribution in [1.82, 2.24) is 9.55 Å². The molecule has 0 fully saturated rings. The van der Waals surface area contributed by atoms with E-state index in [9.17, 15) is 0 Å². The van der Waals surface area contributed by atoms with Crippen LogP contribution in [0.1, 0.15) is 12.8 Å². The lowest BCUT2D eigenvalue weighted by molar-refractivity contribution is 0.649. The third-order valence-electron chi connectivity index (χ3n) is 2.52. The molecule has 80 valence electrons. The van der Waals surface area contributed by atoms with E-state index < -0.39 is 0 Å². The molecule has 0 saturated heterocycles. The van der Waals surface area contributed by atoms with Crippen LogP contribution in [0.15, 0.2) is 30.6 Å². The highest BCUT2D eigenvalue weighted by atomic mass is 32.2. The standard InChI is InChI=1S/C12H16N2S/c1-15-9-5-4-8-14-10-13-11-6-2-3-7-12(11)14/h2-3,6-7,10H,4-5,8-9H2,1H3. The number of thioether (sulfide) groups is 1. The van der Waals surface area contributed by atoms with Crippen molar-refractivity contribution in [1.29, 1.82) is 0 Å². The van der Waals surface area contributed by atoms with Crippen LogP contribution in [-0.4, -0.2) is 21.6 Å². The molecule has 0 aliphatic carbocycles. The first-order valence-electron chi connectivity index (χ1n) is 5.30. The fraction of sp³-hybridized carbons (Fsp3) is 0.417. The Balaban J connectivity index is 2.02. The molecule has 0 amide bonds. The summed E-state index contributed by atoms with van der Waals surface area (Å²) in [5, 5.41) is 0. The van der Waals surface area contributed by atoms with Crippen molar-refractivity contribution in [3.05, 3.63) is 30.6 Å². The minimum absolute atomic E-state index is 1.08. The molecule has 2 nitrogen and oxygen atoms in total. The Kier molecular flexibility index (Phi) is 3.67. The van der Waals surface area contributed by atoms with Gasteiger partial charge in [0, 0.05) is 6.54 Å². The van der Waals surface area contributed by atoms with Gasteiger partial charge in [-0.15, -0.1) is 0 Å². The summed E-state index contributed by atoms with van der Waals surface area (Å²) in [5.74, 6) is 1.26. The van der Waals surface area contributed by atoms with Crippen molar-refractivity contribution in [2.45, 2.75) is 19.4 Å². The number of para-hydroxylation sites is 2. The van der Waals surface area contributed by atoms with E-state index in [2.05, 4.69) is 34.0 Å². The summed E-state index contributed by atoms with van der Waals surface area (Å²) in [6.45, 7) is 1.08. The summed E-state index contributed by atoms with van der Waals surface area (Å²) < 4.78 is 2.25. The molecular weight excluding hydrogens is 204 g/mol. The molecule has 2 aromatic rings. The average molecular weight is 220 g/mol. The van der Waals surface area contributed by atoms with Crippen LogP contribution in [0, 0.1) is 0 Å². The number of aromatic nitrogens is 2. The second-order valence-corrected chi connectivity index (χ2v) is 4.61. The lowest BCUT2D eigenvalue weighted by Gasteiger charge is -2.03. The average Bonchev–Trinajstić information content (AvgIpc) is 2.68. The van der Waals surface area contributed by atoms with E-state index in [1.165, 1.54) is 24.1 Å². The molecule has 3 heteroatoms. The number of imidazole rings is 1. The molecular formula is C12H16N2S. The quantitative estimate of drug-likeness (QED) is 0.720. The fourth-order valence-corrected chi connectivity index (χ4v) is 2.21. The Morgan fingerprint density at radius 2 is 2.13 bits per heavy atom. The van der Waals surface area contributed by atoms with Crippen LogP contribution in [0.3, 0.4) is 0 Å². The zero-order valence-corrected chi connectivity index (χ0v) is 9.83. The predicted octanol–water partition coefficient (Wildman–Crippen LogP) is 3.18. The first-order chi connectivity index (χ1) is 7.42. The Morgan fingerprint density at radius 3 is 3.00 bits per heavy atom. The molecule has 0 N–H and O–H groups in total. The zero-order valence-electron chi connectivity index (χ0n) is 9.02. The monoisotopic (exact) mass is 220 g/mol. The van der Waals surface area contributed by atoms with Crippen LogP contribution >= 0.6 is 11.8 Å². The minimum atomic E-state index is 1.08. The number of hydrogen-bond acceptors (Lipinski definition) is 2. The number of fused-ring (bicyclic) bond motifs is 1. The molecule has 1 aromatic carbocycles. The molecule has 0 atom stereocenters. The maximum atomic E-state index is 4.38. The van der Waals surface area contributed by atoms with Gasteiger partial charge in [-0.2, -0.15) is 11.8 Å². The number of rotatable bonds is 5. The van der Waals surface area contributed by atoms with E-state index in [4.69, 9.17) is 0 Å². The number of aryl methyl sites for hydroxylation is 1. The largest absolute Gasteiger partial charge is 0.331 e. The van der Waals surface area contributed by atoms with Gasteiger partial charge in [-0.05, 0) is 37.0 Å². The molecule has 0 radical (unpaired) electrons. The number of nitrogens with zero attached hydrogens (tertiary/aromatic N) is 2. The van der Waals surface area contributed by atoms with Crippen molar-refractivity contribution < 1.29 is 0 Å². The second-order valence-electron chi connectivity index (χ2n) is 3.63. The van der Waals surface area contributed by atoms with Gasteiger partial charge in [-0.25, -0.2) is 4.98 Å². The molecule has 2 rings (SSSR count).